The Morgan fingerprint density at radius 2 is 2.00 bits per heavy atom. The molecule has 3 rings (SSSR count). The molecule has 0 aliphatic carbocycles. The summed E-state index contributed by atoms with van der Waals surface area (Å²) in [4.78, 5) is 11.6. The van der Waals surface area contributed by atoms with Crippen molar-refractivity contribution >= 4 is 21.9 Å². The molecule has 0 radical (unpaired) electrons. The Labute approximate surface area is 96.6 Å². The molecule has 0 aliphatic heterocycles. The molecule has 3 aromatic rings. The first-order valence-electron chi connectivity index (χ1n) is 5.42. The lowest BCUT2D eigenvalue weighted by molar-refractivity contribution is 0.549. The van der Waals surface area contributed by atoms with Crippen LogP contribution in [0.3, 0.4) is 0 Å². The van der Waals surface area contributed by atoms with Gasteiger partial charge in [0.1, 0.15) is 11.2 Å². The molecule has 0 unspecified atom stereocenters. The second kappa shape index (κ2) is 3.75. The Morgan fingerprint density at radius 3 is 2.82 bits per heavy atom. The molecule has 2 heterocycles. The maximum Gasteiger partial charge on any atom is 0.339 e. The monoisotopic (exact) mass is 229 g/mol. The van der Waals surface area contributed by atoms with E-state index >= 15 is 0 Å². The minimum absolute atomic E-state index is 0.325. The van der Waals surface area contributed by atoms with Crippen LogP contribution < -0.4 is 11.4 Å². The highest BCUT2D eigenvalue weighted by Gasteiger charge is 2.07. The molecule has 1 aromatic carbocycles. The molecule has 0 fully saturated rings. The summed E-state index contributed by atoms with van der Waals surface area (Å²) in [5.41, 5.74) is 7.00. The van der Waals surface area contributed by atoms with Gasteiger partial charge in [0, 0.05) is 22.4 Å². The van der Waals surface area contributed by atoms with Crippen LogP contribution in [0, 0.1) is 0 Å². The fourth-order valence-electron chi connectivity index (χ4n) is 1.95. The van der Waals surface area contributed by atoms with Gasteiger partial charge in [-0.15, -0.1) is 0 Å². The molecule has 86 valence electrons. The molecule has 0 saturated carbocycles. The first kappa shape index (κ1) is 10.1. The zero-order valence-electron chi connectivity index (χ0n) is 9.10. The zero-order chi connectivity index (χ0) is 11.8. The maximum absolute atomic E-state index is 11.6. The summed E-state index contributed by atoms with van der Waals surface area (Å²) in [6, 6.07) is 7.39. The molecule has 4 nitrogen and oxygen atoms in total. The van der Waals surface area contributed by atoms with Gasteiger partial charge in [0.15, 0.2) is 0 Å². The molecule has 4 heteroatoms. The quantitative estimate of drug-likeness (QED) is 0.683. The van der Waals surface area contributed by atoms with Crippen LogP contribution in [-0.4, -0.2) is 6.54 Å². The Kier molecular flexibility index (Phi) is 2.23. The normalized spacial score (nSPS) is 11.4. The van der Waals surface area contributed by atoms with Crippen LogP contribution in [0.5, 0.6) is 0 Å². The largest absolute Gasteiger partial charge is 0.464 e. The zero-order valence-corrected chi connectivity index (χ0v) is 9.10. The Morgan fingerprint density at radius 1 is 1.12 bits per heavy atom. The molecule has 0 saturated heterocycles. The molecule has 0 atom stereocenters. The summed E-state index contributed by atoms with van der Waals surface area (Å²) in [5.74, 6) is 0. The minimum atomic E-state index is -0.325. The van der Waals surface area contributed by atoms with Crippen LogP contribution in [0.2, 0.25) is 0 Å². The van der Waals surface area contributed by atoms with Crippen molar-refractivity contribution in [1.82, 2.24) is 0 Å². The highest BCUT2D eigenvalue weighted by Crippen LogP contribution is 2.23. The summed E-state index contributed by atoms with van der Waals surface area (Å²) in [5, 5.41) is 1.88. The summed E-state index contributed by atoms with van der Waals surface area (Å²) in [6.45, 7) is 0.435. The minimum Gasteiger partial charge on any atom is -0.464 e. The number of benzene rings is 1. The van der Waals surface area contributed by atoms with E-state index in [1.54, 1.807) is 12.3 Å². The van der Waals surface area contributed by atoms with E-state index in [4.69, 9.17) is 14.6 Å². The second-order valence-electron chi connectivity index (χ2n) is 3.95. The second-order valence-corrected chi connectivity index (χ2v) is 3.95. The van der Waals surface area contributed by atoms with Gasteiger partial charge in [-0.2, -0.15) is 0 Å². The van der Waals surface area contributed by atoms with E-state index in [2.05, 4.69) is 0 Å². The van der Waals surface area contributed by atoms with Crippen molar-refractivity contribution < 1.29 is 8.83 Å². The van der Waals surface area contributed by atoms with Gasteiger partial charge in [-0.1, -0.05) is 0 Å². The average Bonchev–Trinajstić information content (AvgIpc) is 2.74. The lowest BCUT2D eigenvalue weighted by Gasteiger charge is -2.00. The molecule has 0 aliphatic rings. The van der Waals surface area contributed by atoms with Crippen molar-refractivity contribution in [3.8, 4) is 0 Å². The van der Waals surface area contributed by atoms with Crippen molar-refractivity contribution in [3.63, 3.8) is 0 Å². The van der Waals surface area contributed by atoms with Crippen molar-refractivity contribution in [2.24, 2.45) is 5.73 Å². The number of hydrogen-bond donors (Lipinski definition) is 1. The van der Waals surface area contributed by atoms with Crippen LogP contribution >= 0.6 is 0 Å². The van der Waals surface area contributed by atoms with Crippen molar-refractivity contribution in [2.45, 2.75) is 6.42 Å². The third-order valence-corrected chi connectivity index (χ3v) is 2.79. The lowest BCUT2D eigenvalue weighted by atomic mass is 10.1. The fourth-order valence-corrected chi connectivity index (χ4v) is 1.95. The predicted molar refractivity (Wildman–Crippen MR) is 65.0 cm³/mol. The standard InChI is InChI=1S/C13H11NO3/c14-3-1-9-6-10-5-8-2-4-16-11(8)7-12(10)17-13(9)15/h2,4-7H,1,3,14H2. The van der Waals surface area contributed by atoms with E-state index in [1.165, 1.54) is 0 Å². The number of hydrogen-bond acceptors (Lipinski definition) is 4. The van der Waals surface area contributed by atoms with Gasteiger partial charge in [0.25, 0.3) is 0 Å². The predicted octanol–water partition coefficient (Wildman–Crippen LogP) is 2.04. The van der Waals surface area contributed by atoms with Crippen LogP contribution in [0.15, 0.2) is 44.2 Å². The van der Waals surface area contributed by atoms with Crippen molar-refractivity contribution in [2.75, 3.05) is 6.54 Å². The van der Waals surface area contributed by atoms with Gasteiger partial charge in [0.2, 0.25) is 0 Å². The number of nitrogens with two attached hydrogens (primary N) is 1. The molecular formula is C13H11NO3. The number of furan rings is 1. The van der Waals surface area contributed by atoms with Gasteiger partial charge >= 0.3 is 5.63 Å². The highest BCUT2D eigenvalue weighted by molar-refractivity contribution is 5.92. The highest BCUT2D eigenvalue weighted by atomic mass is 16.4. The molecule has 0 bridgehead atoms. The van der Waals surface area contributed by atoms with Gasteiger partial charge in [0.05, 0.1) is 6.26 Å². The summed E-state index contributed by atoms with van der Waals surface area (Å²) in [6.07, 6.45) is 2.14. The average molecular weight is 229 g/mol. The lowest BCUT2D eigenvalue weighted by Crippen LogP contribution is -2.12. The summed E-state index contributed by atoms with van der Waals surface area (Å²) < 4.78 is 10.5. The Bertz CT molecular complexity index is 739. The molecule has 0 spiro atoms. The van der Waals surface area contributed by atoms with E-state index in [-0.39, 0.29) is 5.63 Å². The number of fused-ring (bicyclic) bond motifs is 2. The molecule has 17 heavy (non-hydrogen) atoms. The van der Waals surface area contributed by atoms with Crippen molar-refractivity contribution in [3.05, 3.63) is 46.5 Å². The fraction of sp³-hybridized carbons (Fsp3) is 0.154. The number of rotatable bonds is 2. The first-order chi connectivity index (χ1) is 8.28. The SMILES string of the molecule is NCCc1cc2cc3ccoc3cc2oc1=O. The van der Waals surface area contributed by atoms with Crippen LogP contribution in [0.25, 0.3) is 21.9 Å². The van der Waals surface area contributed by atoms with E-state index < -0.39 is 0 Å². The van der Waals surface area contributed by atoms with Crippen LogP contribution in [0.4, 0.5) is 0 Å². The third-order valence-electron chi connectivity index (χ3n) is 2.79. The van der Waals surface area contributed by atoms with E-state index in [0.29, 0.717) is 29.7 Å². The molecule has 2 aromatic heterocycles. The van der Waals surface area contributed by atoms with Crippen LogP contribution in [-0.2, 0) is 6.42 Å². The van der Waals surface area contributed by atoms with E-state index in [1.807, 2.05) is 18.2 Å². The molecule has 2 N–H and O–H groups in total. The Hall–Kier alpha value is -2.07. The van der Waals surface area contributed by atoms with Crippen LogP contribution in [0.1, 0.15) is 5.56 Å². The summed E-state index contributed by atoms with van der Waals surface area (Å²) >= 11 is 0. The summed E-state index contributed by atoms with van der Waals surface area (Å²) in [7, 11) is 0. The molecule has 0 amide bonds. The van der Waals surface area contributed by atoms with E-state index in [0.717, 1.165) is 10.8 Å². The smallest absolute Gasteiger partial charge is 0.339 e. The van der Waals surface area contributed by atoms with Crippen molar-refractivity contribution in [1.29, 1.82) is 0 Å². The maximum atomic E-state index is 11.6. The van der Waals surface area contributed by atoms with E-state index in [9.17, 15) is 4.79 Å². The third kappa shape index (κ3) is 1.62. The van der Waals surface area contributed by atoms with Gasteiger partial charge in [-0.25, -0.2) is 4.79 Å². The Balaban J connectivity index is 2.33. The first-order valence-corrected chi connectivity index (χ1v) is 5.42. The van der Waals surface area contributed by atoms with Gasteiger partial charge < -0.3 is 14.6 Å². The molecular weight excluding hydrogens is 218 g/mol. The van der Waals surface area contributed by atoms with Gasteiger partial charge in [-0.05, 0) is 31.2 Å². The van der Waals surface area contributed by atoms with Gasteiger partial charge in [-0.3, -0.25) is 0 Å². The topological polar surface area (TPSA) is 69.4 Å².